The van der Waals surface area contributed by atoms with Crippen LogP contribution in [0.3, 0.4) is 0 Å². The molecule has 0 amide bonds. The summed E-state index contributed by atoms with van der Waals surface area (Å²) >= 11 is 0. The van der Waals surface area contributed by atoms with Crippen LogP contribution in [0, 0.1) is 0 Å². The Hall–Kier alpha value is -2.02. The Morgan fingerprint density at radius 1 is 1.15 bits per heavy atom. The summed E-state index contributed by atoms with van der Waals surface area (Å²) < 4.78 is 5.48. The molecule has 0 spiro atoms. The molecule has 2 heterocycles. The van der Waals surface area contributed by atoms with E-state index in [1.165, 1.54) is 12.8 Å². The van der Waals surface area contributed by atoms with Crippen molar-refractivity contribution in [2.24, 2.45) is 0 Å². The lowest BCUT2D eigenvalue weighted by Crippen LogP contribution is -2.46. The highest BCUT2D eigenvalue weighted by Crippen LogP contribution is 2.28. The third-order valence-corrected chi connectivity index (χ3v) is 5.67. The number of aliphatic hydroxyl groups excluding tert-OH is 1. The SMILES string of the molecule is OC/C=C\c1ccc2ncnc(N[C@H]3CC[C@H](N4CCOCC4)CC3)c2c1. The van der Waals surface area contributed by atoms with Gasteiger partial charge in [0.05, 0.1) is 25.3 Å². The van der Waals surface area contributed by atoms with Crippen LogP contribution in [0.5, 0.6) is 0 Å². The first-order chi connectivity index (χ1) is 13.3. The largest absolute Gasteiger partial charge is 0.392 e. The van der Waals surface area contributed by atoms with Gasteiger partial charge in [0.25, 0.3) is 0 Å². The first-order valence-electron chi connectivity index (χ1n) is 9.94. The number of hydrogen-bond donors (Lipinski definition) is 2. The van der Waals surface area contributed by atoms with E-state index >= 15 is 0 Å². The minimum atomic E-state index is 0.0425. The van der Waals surface area contributed by atoms with Crippen LogP contribution >= 0.6 is 0 Å². The highest BCUT2D eigenvalue weighted by Gasteiger charge is 2.27. The van der Waals surface area contributed by atoms with Gasteiger partial charge >= 0.3 is 0 Å². The second-order valence-electron chi connectivity index (χ2n) is 7.38. The van der Waals surface area contributed by atoms with Crippen molar-refractivity contribution in [2.75, 3.05) is 38.2 Å². The normalized spacial score (nSPS) is 24.5. The predicted octanol–water partition coefficient (Wildman–Crippen LogP) is 2.69. The van der Waals surface area contributed by atoms with Crippen LogP contribution in [0.1, 0.15) is 31.2 Å². The maximum Gasteiger partial charge on any atom is 0.137 e. The Morgan fingerprint density at radius 2 is 1.96 bits per heavy atom. The number of anilines is 1. The van der Waals surface area contributed by atoms with Gasteiger partial charge in [0.15, 0.2) is 0 Å². The average Bonchev–Trinajstić information content (AvgIpc) is 2.74. The van der Waals surface area contributed by atoms with Crippen LogP contribution in [-0.2, 0) is 4.74 Å². The van der Waals surface area contributed by atoms with E-state index in [4.69, 9.17) is 9.84 Å². The number of hydrogen-bond acceptors (Lipinski definition) is 6. The summed E-state index contributed by atoms with van der Waals surface area (Å²) in [5.41, 5.74) is 1.99. The molecule has 2 fully saturated rings. The molecular formula is C21H28N4O2. The fraction of sp³-hybridized carbons (Fsp3) is 0.524. The van der Waals surface area contributed by atoms with Crippen molar-refractivity contribution < 1.29 is 9.84 Å². The summed E-state index contributed by atoms with van der Waals surface area (Å²) in [5, 5.41) is 13.7. The van der Waals surface area contributed by atoms with Crippen LogP contribution in [0.15, 0.2) is 30.6 Å². The average molecular weight is 368 g/mol. The Labute approximate surface area is 160 Å². The van der Waals surface area contributed by atoms with Gasteiger partial charge in [-0.3, -0.25) is 4.90 Å². The first-order valence-corrected chi connectivity index (χ1v) is 9.94. The molecule has 1 aliphatic carbocycles. The van der Waals surface area contributed by atoms with Gasteiger partial charge in [-0.1, -0.05) is 18.2 Å². The monoisotopic (exact) mass is 368 g/mol. The van der Waals surface area contributed by atoms with Crippen LogP contribution < -0.4 is 5.32 Å². The molecule has 0 unspecified atom stereocenters. The van der Waals surface area contributed by atoms with Crippen molar-refractivity contribution >= 4 is 22.8 Å². The van der Waals surface area contributed by atoms with Crippen molar-refractivity contribution in [3.05, 3.63) is 36.2 Å². The van der Waals surface area contributed by atoms with E-state index in [-0.39, 0.29) is 6.61 Å². The van der Waals surface area contributed by atoms with E-state index in [0.29, 0.717) is 12.1 Å². The van der Waals surface area contributed by atoms with E-state index in [9.17, 15) is 0 Å². The molecule has 2 aliphatic rings. The quantitative estimate of drug-likeness (QED) is 0.846. The van der Waals surface area contributed by atoms with Crippen molar-refractivity contribution in [3.63, 3.8) is 0 Å². The summed E-state index contributed by atoms with van der Waals surface area (Å²) in [4.78, 5) is 11.5. The minimum absolute atomic E-state index is 0.0425. The van der Waals surface area contributed by atoms with Gasteiger partial charge in [-0.2, -0.15) is 0 Å². The molecule has 0 bridgehead atoms. The number of morpholine rings is 1. The zero-order valence-corrected chi connectivity index (χ0v) is 15.7. The van der Waals surface area contributed by atoms with E-state index < -0.39 is 0 Å². The molecule has 27 heavy (non-hydrogen) atoms. The second kappa shape index (κ2) is 8.78. The Bertz CT molecular complexity index is 781. The third-order valence-electron chi connectivity index (χ3n) is 5.67. The zero-order valence-electron chi connectivity index (χ0n) is 15.7. The standard InChI is InChI=1S/C21H28N4O2/c26-11-1-2-16-3-8-20-19(14-16)21(23-15-22-20)24-17-4-6-18(7-5-17)25-9-12-27-13-10-25/h1-3,8,14-15,17-18,26H,4-7,9-13H2,(H,22,23,24)/b2-1-/t17-,18-. The number of fused-ring (bicyclic) bond motifs is 1. The molecule has 1 saturated heterocycles. The van der Waals surface area contributed by atoms with Gasteiger partial charge in [-0.25, -0.2) is 9.97 Å². The van der Waals surface area contributed by atoms with Gasteiger partial charge in [-0.05, 0) is 43.4 Å². The zero-order chi connectivity index (χ0) is 18.5. The van der Waals surface area contributed by atoms with Gasteiger partial charge in [0.2, 0.25) is 0 Å². The van der Waals surface area contributed by atoms with E-state index in [0.717, 1.165) is 61.4 Å². The molecule has 1 saturated carbocycles. The van der Waals surface area contributed by atoms with Crippen molar-refractivity contribution in [1.82, 2.24) is 14.9 Å². The first kappa shape index (κ1) is 18.3. The molecule has 1 aromatic heterocycles. The molecule has 2 N–H and O–H groups in total. The topological polar surface area (TPSA) is 70.5 Å². The Balaban J connectivity index is 1.43. The smallest absolute Gasteiger partial charge is 0.137 e. The molecule has 0 radical (unpaired) electrons. The summed E-state index contributed by atoms with van der Waals surface area (Å²) in [7, 11) is 0. The highest BCUT2D eigenvalue weighted by molar-refractivity contribution is 5.90. The maximum atomic E-state index is 8.99. The molecule has 6 nitrogen and oxygen atoms in total. The number of ether oxygens (including phenoxy) is 1. The molecule has 1 aliphatic heterocycles. The molecule has 2 aromatic rings. The van der Waals surface area contributed by atoms with Gasteiger partial charge in [0, 0.05) is 30.6 Å². The van der Waals surface area contributed by atoms with Crippen LogP contribution in [0.2, 0.25) is 0 Å². The fourth-order valence-corrected chi connectivity index (χ4v) is 4.20. The Kier molecular flexibility index (Phi) is 5.97. The summed E-state index contributed by atoms with van der Waals surface area (Å²) in [6.07, 6.45) is 10.1. The summed E-state index contributed by atoms with van der Waals surface area (Å²) in [5.74, 6) is 0.911. The molecule has 0 atom stereocenters. The number of benzene rings is 1. The number of aliphatic hydroxyl groups is 1. The minimum Gasteiger partial charge on any atom is -0.392 e. The lowest BCUT2D eigenvalue weighted by Gasteiger charge is -2.39. The number of rotatable bonds is 5. The van der Waals surface area contributed by atoms with Crippen molar-refractivity contribution in [1.29, 1.82) is 0 Å². The van der Waals surface area contributed by atoms with Crippen LogP contribution in [0.4, 0.5) is 5.82 Å². The highest BCUT2D eigenvalue weighted by atomic mass is 16.5. The maximum absolute atomic E-state index is 8.99. The van der Waals surface area contributed by atoms with Crippen molar-refractivity contribution in [2.45, 2.75) is 37.8 Å². The third kappa shape index (κ3) is 4.46. The number of nitrogens with one attached hydrogen (secondary N) is 1. The van der Waals surface area contributed by atoms with Crippen LogP contribution in [-0.4, -0.2) is 65.0 Å². The predicted molar refractivity (Wildman–Crippen MR) is 108 cm³/mol. The summed E-state index contributed by atoms with van der Waals surface area (Å²) in [6.45, 7) is 3.93. The number of nitrogens with zero attached hydrogens (tertiary/aromatic N) is 3. The lowest BCUT2D eigenvalue weighted by molar-refractivity contribution is 0.00791. The second-order valence-corrected chi connectivity index (χ2v) is 7.38. The fourth-order valence-electron chi connectivity index (χ4n) is 4.20. The van der Waals surface area contributed by atoms with Gasteiger partial charge in [0.1, 0.15) is 12.1 Å². The molecular weight excluding hydrogens is 340 g/mol. The van der Waals surface area contributed by atoms with Crippen LogP contribution in [0.25, 0.3) is 17.0 Å². The molecule has 4 rings (SSSR count). The van der Waals surface area contributed by atoms with E-state index in [1.54, 1.807) is 12.4 Å². The lowest BCUT2D eigenvalue weighted by atomic mass is 9.90. The van der Waals surface area contributed by atoms with E-state index in [2.05, 4.69) is 26.3 Å². The number of aromatic nitrogens is 2. The van der Waals surface area contributed by atoms with Crippen molar-refractivity contribution in [3.8, 4) is 0 Å². The molecule has 144 valence electrons. The summed E-state index contributed by atoms with van der Waals surface area (Å²) in [6, 6.07) is 7.26. The molecule has 6 heteroatoms. The van der Waals surface area contributed by atoms with Gasteiger partial charge < -0.3 is 15.2 Å². The van der Waals surface area contributed by atoms with Gasteiger partial charge in [-0.15, -0.1) is 0 Å². The van der Waals surface area contributed by atoms with E-state index in [1.807, 2.05) is 18.2 Å². The Morgan fingerprint density at radius 3 is 2.74 bits per heavy atom. The molecule has 1 aromatic carbocycles.